The van der Waals surface area contributed by atoms with Crippen molar-refractivity contribution >= 4 is 28.6 Å². The summed E-state index contributed by atoms with van der Waals surface area (Å²) in [6, 6.07) is 21.5. The molecule has 0 aliphatic carbocycles. The molecule has 2 heterocycles. The van der Waals surface area contributed by atoms with Crippen LogP contribution in [0.5, 0.6) is 0 Å². The van der Waals surface area contributed by atoms with Crippen molar-refractivity contribution in [2.24, 2.45) is 0 Å². The first kappa shape index (κ1) is 20.0. The fraction of sp³-hybridized carbons (Fsp3) is 0.154. The Balaban J connectivity index is 1.62. The molecule has 3 aromatic carbocycles. The van der Waals surface area contributed by atoms with Crippen LogP contribution in [0.4, 0.5) is 16.0 Å². The zero-order valence-electron chi connectivity index (χ0n) is 17.9. The zero-order chi connectivity index (χ0) is 22.2. The molecule has 1 aliphatic rings. The van der Waals surface area contributed by atoms with Gasteiger partial charge in [0.25, 0.3) is 5.91 Å². The number of carbonyl (C=O) groups is 1. The topological polar surface area (TPSA) is 59.0 Å². The summed E-state index contributed by atoms with van der Waals surface area (Å²) in [5, 5.41) is 6.32. The Labute approximate surface area is 185 Å². The summed E-state index contributed by atoms with van der Waals surface area (Å²) in [4.78, 5) is 18.2. The van der Waals surface area contributed by atoms with Gasteiger partial charge in [-0.3, -0.25) is 9.36 Å². The molecule has 0 fully saturated rings. The molecule has 0 saturated heterocycles. The van der Waals surface area contributed by atoms with E-state index in [0.717, 1.165) is 28.7 Å². The second-order valence-electron chi connectivity index (χ2n) is 7.92. The first-order valence-electron chi connectivity index (χ1n) is 10.7. The Bertz CT molecular complexity index is 1340. The molecule has 0 unspecified atom stereocenters. The highest BCUT2D eigenvalue weighted by Gasteiger charge is 2.34. The second-order valence-corrected chi connectivity index (χ2v) is 7.92. The van der Waals surface area contributed by atoms with Crippen LogP contribution in [-0.4, -0.2) is 15.5 Å². The first-order chi connectivity index (χ1) is 15.5. The standard InChI is InChI=1S/C26H23FN4O/c1-3-17-8-14-20(15-9-17)29-25(32)23-16(2)28-26-30-21-6-4-5-7-22(21)31(26)24(23)18-10-12-19(27)13-11-18/h4-15,24H,3H2,1-2H3,(H,28,30)(H,29,32)/t24-/m1/s1. The van der Waals surface area contributed by atoms with Crippen molar-refractivity contribution in [1.82, 2.24) is 9.55 Å². The van der Waals surface area contributed by atoms with Crippen LogP contribution in [0.3, 0.4) is 0 Å². The van der Waals surface area contributed by atoms with E-state index in [1.165, 1.54) is 17.7 Å². The van der Waals surface area contributed by atoms with E-state index < -0.39 is 6.04 Å². The van der Waals surface area contributed by atoms with Gasteiger partial charge in [-0.15, -0.1) is 0 Å². The second kappa shape index (κ2) is 7.96. The molecule has 0 spiro atoms. The number of imidazole rings is 1. The van der Waals surface area contributed by atoms with Crippen molar-refractivity contribution in [3.05, 3.63) is 101 Å². The minimum Gasteiger partial charge on any atom is -0.329 e. The third-order valence-electron chi connectivity index (χ3n) is 5.88. The van der Waals surface area contributed by atoms with Crippen molar-refractivity contribution < 1.29 is 9.18 Å². The molecule has 1 amide bonds. The molecule has 1 aliphatic heterocycles. The van der Waals surface area contributed by atoms with Crippen molar-refractivity contribution in [1.29, 1.82) is 0 Å². The van der Waals surface area contributed by atoms with Crippen molar-refractivity contribution in [3.63, 3.8) is 0 Å². The minimum absolute atomic E-state index is 0.211. The van der Waals surface area contributed by atoms with Crippen LogP contribution >= 0.6 is 0 Å². The van der Waals surface area contributed by atoms with Crippen LogP contribution in [0, 0.1) is 5.82 Å². The van der Waals surface area contributed by atoms with E-state index in [-0.39, 0.29) is 11.7 Å². The van der Waals surface area contributed by atoms with Gasteiger partial charge in [-0.1, -0.05) is 43.3 Å². The minimum atomic E-state index is -0.450. The van der Waals surface area contributed by atoms with Crippen LogP contribution in [-0.2, 0) is 11.2 Å². The van der Waals surface area contributed by atoms with Gasteiger partial charge >= 0.3 is 0 Å². The number of benzene rings is 3. The summed E-state index contributed by atoms with van der Waals surface area (Å²) in [5.74, 6) is 0.125. The SMILES string of the molecule is CCc1ccc(NC(=O)C2=C(C)Nc3nc4ccccc4n3[C@@H]2c2ccc(F)cc2)cc1. The summed E-state index contributed by atoms with van der Waals surface area (Å²) in [5.41, 5.74) is 5.74. The molecule has 32 heavy (non-hydrogen) atoms. The highest BCUT2D eigenvalue weighted by Crippen LogP contribution is 2.39. The molecule has 160 valence electrons. The third-order valence-corrected chi connectivity index (χ3v) is 5.88. The summed E-state index contributed by atoms with van der Waals surface area (Å²) >= 11 is 0. The molecular formula is C26H23FN4O. The summed E-state index contributed by atoms with van der Waals surface area (Å²) in [6.07, 6.45) is 0.936. The Morgan fingerprint density at radius 2 is 1.78 bits per heavy atom. The molecule has 5 nitrogen and oxygen atoms in total. The number of rotatable bonds is 4. The fourth-order valence-corrected chi connectivity index (χ4v) is 4.24. The maximum absolute atomic E-state index is 13.7. The molecule has 4 aromatic rings. The van der Waals surface area contributed by atoms with Gasteiger partial charge in [-0.05, 0) is 60.9 Å². The highest BCUT2D eigenvalue weighted by molar-refractivity contribution is 6.06. The Morgan fingerprint density at radius 1 is 1.06 bits per heavy atom. The van der Waals surface area contributed by atoms with E-state index in [2.05, 4.69) is 17.6 Å². The molecule has 6 heteroatoms. The molecule has 0 saturated carbocycles. The summed E-state index contributed by atoms with van der Waals surface area (Å²) < 4.78 is 15.7. The number of para-hydroxylation sites is 2. The number of carbonyl (C=O) groups excluding carboxylic acids is 1. The average Bonchev–Trinajstić information content (AvgIpc) is 3.17. The van der Waals surface area contributed by atoms with Gasteiger partial charge in [0, 0.05) is 11.4 Å². The lowest BCUT2D eigenvalue weighted by Crippen LogP contribution is -2.30. The van der Waals surface area contributed by atoms with Gasteiger partial charge in [-0.2, -0.15) is 0 Å². The first-order valence-corrected chi connectivity index (χ1v) is 10.7. The third kappa shape index (κ3) is 3.43. The molecule has 0 bridgehead atoms. The average molecular weight is 426 g/mol. The number of nitrogens with one attached hydrogen (secondary N) is 2. The van der Waals surface area contributed by atoms with Crippen molar-refractivity contribution in [3.8, 4) is 0 Å². The van der Waals surface area contributed by atoms with Gasteiger partial charge in [-0.25, -0.2) is 9.37 Å². The number of fused-ring (bicyclic) bond motifs is 3. The largest absolute Gasteiger partial charge is 0.329 e. The number of amides is 1. The monoisotopic (exact) mass is 426 g/mol. The maximum atomic E-state index is 13.7. The lowest BCUT2D eigenvalue weighted by atomic mass is 9.94. The van der Waals surface area contributed by atoms with E-state index in [1.807, 2.05) is 60.0 Å². The van der Waals surface area contributed by atoms with Crippen LogP contribution in [0.15, 0.2) is 84.1 Å². The lowest BCUT2D eigenvalue weighted by Gasteiger charge is -2.30. The summed E-state index contributed by atoms with van der Waals surface area (Å²) in [6.45, 7) is 3.96. The normalized spacial score (nSPS) is 15.4. The van der Waals surface area contributed by atoms with E-state index in [0.29, 0.717) is 17.2 Å². The van der Waals surface area contributed by atoms with Crippen molar-refractivity contribution in [2.75, 3.05) is 10.6 Å². The molecule has 1 atom stereocenters. The van der Waals surface area contributed by atoms with Gasteiger partial charge in [0.05, 0.1) is 22.6 Å². The van der Waals surface area contributed by atoms with E-state index in [9.17, 15) is 9.18 Å². The number of halogens is 1. The number of nitrogens with zero attached hydrogens (tertiary/aromatic N) is 2. The summed E-state index contributed by atoms with van der Waals surface area (Å²) in [7, 11) is 0. The molecular weight excluding hydrogens is 403 g/mol. The van der Waals surface area contributed by atoms with Crippen LogP contribution in [0.1, 0.15) is 31.0 Å². The lowest BCUT2D eigenvalue weighted by molar-refractivity contribution is -0.113. The van der Waals surface area contributed by atoms with E-state index in [1.54, 1.807) is 12.1 Å². The number of aryl methyl sites for hydroxylation is 1. The molecule has 2 N–H and O–H groups in total. The smallest absolute Gasteiger partial charge is 0.255 e. The predicted molar refractivity (Wildman–Crippen MR) is 125 cm³/mol. The van der Waals surface area contributed by atoms with E-state index >= 15 is 0 Å². The van der Waals surface area contributed by atoms with Gasteiger partial charge < -0.3 is 10.6 Å². The van der Waals surface area contributed by atoms with Crippen molar-refractivity contribution in [2.45, 2.75) is 26.3 Å². The van der Waals surface area contributed by atoms with Crippen LogP contribution < -0.4 is 10.6 Å². The predicted octanol–water partition coefficient (Wildman–Crippen LogP) is 5.67. The van der Waals surface area contributed by atoms with Crippen LogP contribution in [0.2, 0.25) is 0 Å². The van der Waals surface area contributed by atoms with Gasteiger partial charge in [0.2, 0.25) is 5.95 Å². The van der Waals surface area contributed by atoms with Gasteiger partial charge in [0.1, 0.15) is 5.82 Å². The number of hydrogen-bond donors (Lipinski definition) is 2. The Hall–Kier alpha value is -3.93. The Morgan fingerprint density at radius 3 is 2.50 bits per heavy atom. The number of allylic oxidation sites excluding steroid dienone is 1. The Kier molecular flexibility index (Phi) is 4.98. The fourth-order valence-electron chi connectivity index (χ4n) is 4.24. The zero-order valence-corrected chi connectivity index (χ0v) is 17.9. The number of anilines is 2. The van der Waals surface area contributed by atoms with E-state index in [4.69, 9.17) is 4.98 Å². The number of hydrogen-bond acceptors (Lipinski definition) is 3. The quantitative estimate of drug-likeness (QED) is 0.442. The highest BCUT2D eigenvalue weighted by atomic mass is 19.1. The maximum Gasteiger partial charge on any atom is 0.255 e. The van der Waals surface area contributed by atoms with Gasteiger partial charge in [0.15, 0.2) is 0 Å². The molecule has 0 radical (unpaired) electrons. The molecule has 5 rings (SSSR count). The number of aromatic nitrogens is 2. The van der Waals surface area contributed by atoms with Crippen LogP contribution in [0.25, 0.3) is 11.0 Å². The molecule has 1 aromatic heterocycles.